The van der Waals surface area contributed by atoms with Crippen LogP contribution >= 0.6 is 0 Å². The maximum Gasteiger partial charge on any atom is 0.244 e. The normalized spacial score (nSPS) is 25.1. The van der Waals surface area contributed by atoms with Crippen LogP contribution in [-0.4, -0.2) is 35.9 Å². The van der Waals surface area contributed by atoms with Gasteiger partial charge in [-0.1, -0.05) is 36.4 Å². The van der Waals surface area contributed by atoms with Crippen molar-refractivity contribution in [2.24, 2.45) is 0 Å². The van der Waals surface area contributed by atoms with Gasteiger partial charge in [0.05, 0.1) is 11.1 Å². The van der Waals surface area contributed by atoms with Gasteiger partial charge < -0.3 is 4.74 Å². The molecule has 0 N–H and O–H groups in total. The van der Waals surface area contributed by atoms with Gasteiger partial charge in [0, 0.05) is 36.5 Å². The minimum absolute atomic E-state index is 0.00982. The van der Waals surface area contributed by atoms with Crippen LogP contribution in [0.2, 0.25) is 0 Å². The summed E-state index contributed by atoms with van der Waals surface area (Å²) in [4.78, 5) is 4.51. The van der Waals surface area contributed by atoms with Crippen molar-refractivity contribution in [1.82, 2.24) is 9.29 Å². The molecule has 5 rings (SSSR count). The summed E-state index contributed by atoms with van der Waals surface area (Å²) in [5.41, 5.74) is 0. The molecule has 2 aliphatic rings. The van der Waals surface area contributed by atoms with Crippen molar-refractivity contribution in [3.8, 4) is 5.75 Å². The molecule has 2 fully saturated rings. The van der Waals surface area contributed by atoms with Gasteiger partial charge in [0.15, 0.2) is 0 Å². The van der Waals surface area contributed by atoms with E-state index in [4.69, 9.17) is 4.74 Å². The smallest absolute Gasteiger partial charge is 0.244 e. The number of nitrogens with zero attached hydrogens (tertiary/aromatic N) is 2. The predicted molar refractivity (Wildman–Crippen MR) is 108 cm³/mol. The van der Waals surface area contributed by atoms with Gasteiger partial charge in [-0.25, -0.2) is 8.42 Å². The average molecular weight is 394 g/mol. The highest BCUT2D eigenvalue weighted by Crippen LogP contribution is 2.41. The lowest BCUT2D eigenvalue weighted by Gasteiger charge is -2.38. The molecular formula is C22H22N2O3S. The summed E-state index contributed by atoms with van der Waals surface area (Å²) < 4.78 is 35.1. The molecule has 2 saturated heterocycles. The fourth-order valence-electron chi connectivity index (χ4n) is 4.72. The average Bonchev–Trinajstić information content (AvgIpc) is 3.00. The molecule has 2 aliphatic heterocycles. The predicted octanol–water partition coefficient (Wildman–Crippen LogP) is 4.00. The Morgan fingerprint density at radius 2 is 1.68 bits per heavy atom. The zero-order valence-electron chi connectivity index (χ0n) is 15.4. The van der Waals surface area contributed by atoms with Crippen molar-refractivity contribution in [1.29, 1.82) is 0 Å². The van der Waals surface area contributed by atoms with Gasteiger partial charge in [0.25, 0.3) is 0 Å². The Balaban J connectivity index is 1.44. The van der Waals surface area contributed by atoms with Crippen molar-refractivity contribution in [3.63, 3.8) is 0 Å². The largest absolute Gasteiger partial charge is 0.489 e. The second kappa shape index (κ2) is 6.87. The lowest BCUT2D eigenvalue weighted by atomic mass is 10.0. The van der Waals surface area contributed by atoms with Gasteiger partial charge in [-0.15, -0.1) is 0 Å². The lowest BCUT2D eigenvalue weighted by Crippen LogP contribution is -2.49. The topological polar surface area (TPSA) is 59.5 Å². The zero-order chi connectivity index (χ0) is 19.1. The van der Waals surface area contributed by atoms with E-state index >= 15 is 0 Å². The van der Waals surface area contributed by atoms with Gasteiger partial charge in [-0.3, -0.25) is 4.98 Å². The van der Waals surface area contributed by atoms with Crippen LogP contribution in [0.15, 0.2) is 71.9 Å². The fraction of sp³-hybridized carbons (Fsp3) is 0.318. The fourth-order valence-corrected chi connectivity index (χ4v) is 6.83. The van der Waals surface area contributed by atoms with E-state index in [0.717, 1.165) is 42.2 Å². The highest BCUT2D eigenvalue weighted by Gasteiger charge is 2.48. The Morgan fingerprint density at radius 1 is 0.929 bits per heavy atom. The standard InChI is InChI=1S/C22H22N2O3S/c25-28(26,22-9-3-6-16-5-1-2-8-21(16)22)24-17-10-11-18(24)14-20(13-17)27-19-7-4-12-23-15-19/h1-9,12,15,17-18,20H,10-11,13-14H2. The van der Waals surface area contributed by atoms with E-state index in [1.165, 1.54) is 0 Å². The van der Waals surface area contributed by atoms with E-state index in [1.54, 1.807) is 22.8 Å². The van der Waals surface area contributed by atoms with Crippen LogP contribution in [-0.2, 0) is 10.0 Å². The summed E-state index contributed by atoms with van der Waals surface area (Å²) in [6.45, 7) is 0. The Bertz CT molecular complexity index is 1080. The third-order valence-electron chi connectivity index (χ3n) is 5.87. The number of hydrogen-bond donors (Lipinski definition) is 0. The molecule has 2 unspecified atom stereocenters. The van der Waals surface area contributed by atoms with Crippen molar-refractivity contribution < 1.29 is 13.2 Å². The molecule has 2 bridgehead atoms. The second-order valence-corrected chi connectivity index (χ2v) is 9.41. The Kier molecular flexibility index (Phi) is 4.33. The SMILES string of the molecule is O=S(=O)(c1cccc2ccccc12)N1C2CCC1CC(Oc1cccnc1)C2. The molecule has 1 aromatic heterocycles. The van der Waals surface area contributed by atoms with Crippen LogP contribution in [0.1, 0.15) is 25.7 Å². The molecule has 28 heavy (non-hydrogen) atoms. The molecular weight excluding hydrogens is 372 g/mol. The maximum absolute atomic E-state index is 13.6. The van der Waals surface area contributed by atoms with Gasteiger partial charge >= 0.3 is 0 Å². The maximum atomic E-state index is 13.6. The van der Waals surface area contributed by atoms with Crippen molar-refractivity contribution in [2.45, 2.75) is 48.8 Å². The van der Waals surface area contributed by atoms with Gasteiger partial charge in [-0.2, -0.15) is 4.31 Å². The Hall–Kier alpha value is -2.44. The molecule has 3 aromatic rings. The summed E-state index contributed by atoms with van der Waals surface area (Å²) in [6, 6.07) is 16.9. The van der Waals surface area contributed by atoms with Crippen LogP contribution < -0.4 is 4.74 Å². The van der Waals surface area contributed by atoms with Crippen molar-refractivity contribution in [3.05, 3.63) is 67.0 Å². The number of rotatable bonds is 4. The number of aromatic nitrogens is 1. The number of pyridine rings is 1. The van der Waals surface area contributed by atoms with E-state index in [9.17, 15) is 8.42 Å². The summed E-state index contributed by atoms with van der Waals surface area (Å²) >= 11 is 0. The third-order valence-corrected chi connectivity index (χ3v) is 7.93. The number of benzene rings is 2. The number of hydrogen-bond acceptors (Lipinski definition) is 4. The molecule has 5 nitrogen and oxygen atoms in total. The molecule has 0 saturated carbocycles. The summed E-state index contributed by atoms with van der Waals surface area (Å²) in [7, 11) is -3.56. The number of sulfonamides is 1. The van der Waals surface area contributed by atoms with Crippen LogP contribution in [0.4, 0.5) is 0 Å². The number of fused-ring (bicyclic) bond motifs is 3. The minimum Gasteiger partial charge on any atom is -0.489 e. The van der Waals surface area contributed by atoms with Crippen LogP contribution in [0.3, 0.4) is 0 Å². The monoisotopic (exact) mass is 394 g/mol. The third kappa shape index (κ3) is 2.97. The molecule has 144 valence electrons. The van der Waals surface area contributed by atoms with Crippen molar-refractivity contribution in [2.75, 3.05) is 0 Å². The molecule has 0 radical (unpaired) electrons. The summed E-state index contributed by atoms with van der Waals surface area (Å²) in [5, 5.41) is 1.74. The first-order valence-corrected chi connectivity index (χ1v) is 11.1. The van der Waals surface area contributed by atoms with Crippen molar-refractivity contribution >= 4 is 20.8 Å². The first kappa shape index (κ1) is 17.6. The number of ether oxygens (including phenoxy) is 1. The first-order chi connectivity index (χ1) is 13.6. The Labute approximate surface area is 165 Å². The van der Waals surface area contributed by atoms with Gasteiger partial charge in [0.2, 0.25) is 10.0 Å². The van der Waals surface area contributed by atoms with Gasteiger partial charge in [0.1, 0.15) is 11.9 Å². The van der Waals surface area contributed by atoms with Crippen LogP contribution in [0.25, 0.3) is 10.8 Å². The highest BCUT2D eigenvalue weighted by molar-refractivity contribution is 7.89. The lowest BCUT2D eigenvalue weighted by molar-refractivity contribution is 0.0954. The second-order valence-electron chi connectivity index (χ2n) is 7.60. The molecule has 6 heteroatoms. The number of piperidine rings is 1. The zero-order valence-corrected chi connectivity index (χ0v) is 16.3. The van der Waals surface area contributed by atoms with E-state index in [1.807, 2.05) is 48.5 Å². The van der Waals surface area contributed by atoms with E-state index in [-0.39, 0.29) is 18.2 Å². The summed E-state index contributed by atoms with van der Waals surface area (Å²) in [6.07, 6.45) is 6.67. The minimum atomic E-state index is -3.56. The molecule has 2 atom stereocenters. The quantitative estimate of drug-likeness (QED) is 0.671. The molecule has 0 spiro atoms. The first-order valence-electron chi connectivity index (χ1n) is 9.71. The molecule has 2 aromatic carbocycles. The summed E-state index contributed by atoms with van der Waals surface area (Å²) in [5.74, 6) is 0.747. The Morgan fingerprint density at radius 3 is 2.43 bits per heavy atom. The van der Waals surface area contributed by atoms with Crippen LogP contribution in [0.5, 0.6) is 5.75 Å². The van der Waals surface area contributed by atoms with Gasteiger partial charge in [-0.05, 0) is 36.4 Å². The van der Waals surface area contributed by atoms with E-state index in [2.05, 4.69) is 4.98 Å². The highest BCUT2D eigenvalue weighted by atomic mass is 32.2. The molecule has 0 aliphatic carbocycles. The van der Waals surface area contributed by atoms with E-state index < -0.39 is 10.0 Å². The van der Waals surface area contributed by atoms with Crippen LogP contribution in [0, 0.1) is 0 Å². The molecule has 3 heterocycles. The molecule has 0 amide bonds. The van der Waals surface area contributed by atoms with E-state index in [0.29, 0.717) is 4.90 Å².